The van der Waals surface area contributed by atoms with Crippen LogP contribution in [0.25, 0.3) is 10.2 Å². The fraction of sp³-hybridized carbons (Fsp3) is 0.556. The number of nitrogens with zero attached hydrogens (tertiary/aromatic N) is 5. The Labute approximate surface area is 212 Å². The van der Waals surface area contributed by atoms with E-state index >= 15 is 0 Å². The molecule has 4 heterocycles. The fourth-order valence-electron chi connectivity index (χ4n) is 5.39. The highest BCUT2D eigenvalue weighted by atomic mass is 32.1. The second-order valence-corrected chi connectivity index (χ2v) is 11.8. The predicted octanol–water partition coefficient (Wildman–Crippen LogP) is 4.92. The Hall–Kier alpha value is -2.42. The molecule has 2 aromatic heterocycles. The molecule has 3 aromatic rings. The van der Waals surface area contributed by atoms with Crippen molar-refractivity contribution in [3.8, 4) is 0 Å². The molecule has 0 spiro atoms. The van der Waals surface area contributed by atoms with Crippen LogP contribution in [0.1, 0.15) is 38.2 Å². The summed E-state index contributed by atoms with van der Waals surface area (Å²) in [6.07, 6.45) is 4.90. The molecular formula is C27H37N7S. The van der Waals surface area contributed by atoms with Crippen molar-refractivity contribution < 1.29 is 0 Å². The molecule has 0 bridgehead atoms. The molecule has 0 radical (unpaired) electrons. The first-order chi connectivity index (χ1) is 17.0. The Morgan fingerprint density at radius 2 is 1.69 bits per heavy atom. The maximum Gasteiger partial charge on any atom is 0.230 e. The van der Waals surface area contributed by atoms with Crippen molar-refractivity contribution in [3.63, 3.8) is 0 Å². The third-order valence-corrected chi connectivity index (χ3v) is 9.04. The number of nitrogens with one attached hydrogen (secondary N) is 2. The number of piperidine rings is 1. The first-order valence-corrected chi connectivity index (χ1v) is 13.9. The zero-order valence-electron chi connectivity index (χ0n) is 21.2. The Balaban J connectivity index is 1.11. The van der Waals surface area contributed by atoms with Crippen LogP contribution < -0.4 is 15.5 Å². The van der Waals surface area contributed by atoms with Gasteiger partial charge < -0.3 is 20.4 Å². The summed E-state index contributed by atoms with van der Waals surface area (Å²) in [7, 11) is 2.23. The summed E-state index contributed by atoms with van der Waals surface area (Å²) in [4.78, 5) is 18.4. The number of aryl methyl sites for hydroxylation is 1. The molecule has 1 aliphatic carbocycles. The monoisotopic (exact) mass is 491 g/mol. The van der Waals surface area contributed by atoms with Crippen LogP contribution in [0.4, 0.5) is 23.1 Å². The van der Waals surface area contributed by atoms with Crippen molar-refractivity contribution in [3.05, 3.63) is 35.2 Å². The largest absolute Gasteiger partial charge is 0.371 e. The molecule has 2 saturated heterocycles. The number of fused-ring (bicyclic) bond motifs is 1. The van der Waals surface area contributed by atoms with Gasteiger partial charge in [0.2, 0.25) is 5.95 Å². The molecule has 0 atom stereocenters. The highest BCUT2D eigenvalue weighted by Crippen LogP contribution is 2.41. The highest BCUT2D eigenvalue weighted by Gasteiger charge is 2.38. The van der Waals surface area contributed by atoms with E-state index in [0.717, 1.165) is 40.9 Å². The molecule has 35 heavy (non-hydrogen) atoms. The van der Waals surface area contributed by atoms with Crippen LogP contribution in [0.5, 0.6) is 0 Å². The third-order valence-electron chi connectivity index (χ3n) is 8.05. The quantitative estimate of drug-likeness (QED) is 0.507. The van der Waals surface area contributed by atoms with Gasteiger partial charge in [0.1, 0.15) is 10.6 Å². The van der Waals surface area contributed by atoms with E-state index in [0.29, 0.717) is 5.95 Å². The number of hydrogen-bond acceptors (Lipinski definition) is 8. The lowest BCUT2D eigenvalue weighted by atomic mass is 10.0. The second kappa shape index (κ2) is 9.22. The molecule has 1 aromatic carbocycles. The fourth-order valence-corrected chi connectivity index (χ4v) is 6.31. The molecule has 8 heteroatoms. The van der Waals surface area contributed by atoms with Crippen molar-refractivity contribution >= 4 is 44.7 Å². The molecule has 0 unspecified atom stereocenters. The van der Waals surface area contributed by atoms with Crippen molar-refractivity contribution in [2.45, 2.75) is 51.1 Å². The number of piperazine rings is 1. The van der Waals surface area contributed by atoms with Gasteiger partial charge in [-0.1, -0.05) is 0 Å². The van der Waals surface area contributed by atoms with Gasteiger partial charge in [0.15, 0.2) is 0 Å². The van der Waals surface area contributed by atoms with E-state index in [9.17, 15) is 0 Å². The highest BCUT2D eigenvalue weighted by molar-refractivity contribution is 7.17. The first kappa shape index (κ1) is 23.0. The average Bonchev–Trinajstić information content (AvgIpc) is 3.47. The third kappa shape index (κ3) is 4.97. The smallest absolute Gasteiger partial charge is 0.230 e. The van der Waals surface area contributed by atoms with Gasteiger partial charge in [-0.2, -0.15) is 4.98 Å². The number of benzene rings is 1. The van der Waals surface area contributed by atoms with E-state index in [1.165, 1.54) is 63.1 Å². The average molecular weight is 492 g/mol. The van der Waals surface area contributed by atoms with Gasteiger partial charge in [-0.25, -0.2) is 4.98 Å². The minimum atomic E-state index is 0.173. The molecule has 2 aliphatic heterocycles. The lowest BCUT2D eigenvalue weighted by Gasteiger charge is -2.42. The van der Waals surface area contributed by atoms with Crippen molar-refractivity contribution in [2.24, 2.45) is 0 Å². The lowest BCUT2D eigenvalue weighted by Crippen LogP contribution is -2.52. The van der Waals surface area contributed by atoms with Crippen LogP contribution in [-0.2, 0) is 0 Å². The molecule has 3 fully saturated rings. The van der Waals surface area contributed by atoms with Crippen LogP contribution in [-0.4, -0.2) is 77.7 Å². The molecule has 0 amide bonds. The van der Waals surface area contributed by atoms with Gasteiger partial charge in [-0.05, 0) is 81.8 Å². The summed E-state index contributed by atoms with van der Waals surface area (Å²) in [6.45, 7) is 11.5. The molecular weight excluding hydrogens is 454 g/mol. The Morgan fingerprint density at radius 1 is 0.971 bits per heavy atom. The minimum absolute atomic E-state index is 0.173. The van der Waals surface area contributed by atoms with Crippen molar-refractivity contribution in [2.75, 3.05) is 61.8 Å². The van der Waals surface area contributed by atoms with Gasteiger partial charge in [0.05, 0.1) is 5.39 Å². The topological polar surface area (TPSA) is 59.6 Å². The number of anilines is 4. The summed E-state index contributed by atoms with van der Waals surface area (Å²) in [5, 5.41) is 10.5. The van der Waals surface area contributed by atoms with Gasteiger partial charge in [0, 0.05) is 62.2 Å². The predicted molar refractivity (Wildman–Crippen MR) is 147 cm³/mol. The lowest BCUT2D eigenvalue weighted by molar-refractivity contribution is 0.0982. The van der Waals surface area contributed by atoms with Crippen LogP contribution in [0.3, 0.4) is 0 Å². The van der Waals surface area contributed by atoms with Gasteiger partial charge >= 0.3 is 0 Å². The van der Waals surface area contributed by atoms with Crippen LogP contribution in [0, 0.1) is 6.92 Å². The Bertz CT molecular complexity index is 1170. The van der Waals surface area contributed by atoms with Crippen molar-refractivity contribution in [1.29, 1.82) is 0 Å². The number of hydrogen-bond donors (Lipinski definition) is 2. The van der Waals surface area contributed by atoms with E-state index in [2.05, 4.69) is 75.9 Å². The SMILES string of the molecule is Cc1csc2nc(Nc3ccc(N4CCC(N5CCN(C)CC5)CC4)cc3)nc(NC3(C)CC3)c12. The Morgan fingerprint density at radius 3 is 2.37 bits per heavy atom. The van der Waals surface area contributed by atoms with E-state index in [1.54, 1.807) is 11.3 Å². The van der Waals surface area contributed by atoms with E-state index < -0.39 is 0 Å². The molecule has 3 aliphatic rings. The van der Waals surface area contributed by atoms with Crippen molar-refractivity contribution in [1.82, 2.24) is 19.8 Å². The number of likely N-dealkylation sites (N-methyl/N-ethyl adjacent to an activating group) is 1. The van der Waals surface area contributed by atoms with Gasteiger partial charge in [-0.15, -0.1) is 11.3 Å². The molecule has 7 nitrogen and oxygen atoms in total. The zero-order valence-corrected chi connectivity index (χ0v) is 22.0. The molecule has 2 N–H and O–H groups in total. The number of thiophene rings is 1. The van der Waals surface area contributed by atoms with Crippen LogP contribution in [0.2, 0.25) is 0 Å². The minimum Gasteiger partial charge on any atom is -0.371 e. The summed E-state index contributed by atoms with van der Waals surface area (Å²) in [5.41, 5.74) is 3.75. The standard InChI is InChI=1S/C27H37N7S/c1-19-18-35-25-23(19)24(31-27(2)10-11-27)29-26(30-25)28-20-4-6-21(7-5-20)33-12-8-22(9-13-33)34-16-14-32(3)15-17-34/h4-7,18,22H,8-17H2,1-3H3,(H2,28,29,30,31). The summed E-state index contributed by atoms with van der Waals surface area (Å²) < 4.78 is 0. The summed E-state index contributed by atoms with van der Waals surface area (Å²) in [5.74, 6) is 1.61. The molecule has 1 saturated carbocycles. The maximum atomic E-state index is 4.88. The number of aromatic nitrogens is 2. The van der Waals surface area contributed by atoms with Gasteiger partial charge in [0.25, 0.3) is 0 Å². The van der Waals surface area contributed by atoms with E-state index in [4.69, 9.17) is 9.97 Å². The normalized spacial score (nSPS) is 21.4. The Kier molecular flexibility index (Phi) is 6.06. The summed E-state index contributed by atoms with van der Waals surface area (Å²) >= 11 is 1.69. The zero-order chi connectivity index (χ0) is 24.0. The molecule has 186 valence electrons. The summed E-state index contributed by atoms with van der Waals surface area (Å²) in [6, 6.07) is 9.53. The maximum absolute atomic E-state index is 4.88. The second-order valence-electron chi connectivity index (χ2n) is 10.9. The van der Waals surface area contributed by atoms with Gasteiger partial charge in [-0.3, -0.25) is 4.90 Å². The molecule has 6 rings (SSSR count). The number of rotatable bonds is 6. The van der Waals surface area contributed by atoms with E-state index in [-0.39, 0.29) is 5.54 Å². The van der Waals surface area contributed by atoms with Crippen LogP contribution >= 0.6 is 11.3 Å². The van der Waals surface area contributed by atoms with Crippen LogP contribution in [0.15, 0.2) is 29.6 Å². The first-order valence-electron chi connectivity index (χ1n) is 13.0. The van der Waals surface area contributed by atoms with E-state index in [1.807, 2.05) is 0 Å².